The van der Waals surface area contributed by atoms with E-state index in [9.17, 15) is 19.7 Å². The molecular weight excluding hydrogens is 250 g/mol. The van der Waals surface area contributed by atoms with Gasteiger partial charge in [-0.15, -0.1) is 0 Å². The first-order chi connectivity index (χ1) is 8.90. The first-order valence-corrected chi connectivity index (χ1v) is 6.01. The van der Waals surface area contributed by atoms with E-state index in [0.29, 0.717) is 12.5 Å². The van der Waals surface area contributed by atoms with Gasteiger partial charge in [0.2, 0.25) is 5.91 Å². The van der Waals surface area contributed by atoms with Gasteiger partial charge >= 0.3 is 0 Å². The number of nitro groups is 1. The van der Waals surface area contributed by atoms with Crippen LogP contribution in [0.4, 0.5) is 5.69 Å². The molecule has 1 N–H and O–H groups in total. The SMILES string of the molecule is CC(C)CCNC(=O)Cn1cc([N+](=O)[O-])ccc1=O. The van der Waals surface area contributed by atoms with Gasteiger partial charge in [-0.3, -0.25) is 24.3 Å². The molecule has 0 atom stereocenters. The third-order valence-electron chi connectivity index (χ3n) is 2.54. The van der Waals surface area contributed by atoms with Crippen molar-refractivity contribution in [3.63, 3.8) is 0 Å². The number of aromatic nitrogens is 1. The van der Waals surface area contributed by atoms with Crippen LogP contribution in [0.1, 0.15) is 20.3 Å². The zero-order valence-corrected chi connectivity index (χ0v) is 11.0. The van der Waals surface area contributed by atoms with E-state index in [2.05, 4.69) is 5.32 Å². The van der Waals surface area contributed by atoms with Crippen molar-refractivity contribution in [2.75, 3.05) is 6.54 Å². The van der Waals surface area contributed by atoms with Crippen molar-refractivity contribution < 1.29 is 9.72 Å². The van der Waals surface area contributed by atoms with Crippen LogP contribution in [0.3, 0.4) is 0 Å². The number of nitrogens with zero attached hydrogens (tertiary/aromatic N) is 2. The molecule has 1 rings (SSSR count). The molecule has 0 bridgehead atoms. The number of carbonyl (C=O) groups is 1. The summed E-state index contributed by atoms with van der Waals surface area (Å²) in [6.07, 6.45) is 1.92. The summed E-state index contributed by atoms with van der Waals surface area (Å²) in [4.78, 5) is 33.0. The monoisotopic (exact) mass is 267 g/mol. The Morgan fingerprint density at radius 2 is 2.16 bits per heavy atom. The Kier molecular flexibility index (Phi) is 5.23. The minimum Gasteiger partial charge on any atom is -0.355 e. The highest BCUT2D eigenvalue weighted by atomic mass is 16.6. The van der Waals surface area contributed by atoms with Crippen LogP contribution in [0.2, 0.25) is 0 Å². The predicted octanol–water partition coefficient (Wildman–Crippen LogP) is 0.919. The summed E-state index contributed by atoms with van der Waals surface area (Å²) in [7, 11) is 0. The molecular formula is C12H17N3O4. The predicted molar refractivity (Wildman–Crippen MR) is 69.8 cm³/mol. The van der Waals surface area contributed by atoms with Crippen LogP contribution in [0.15, 0.2) is 23.1 Å². The Hall–Kier alpha value is -2.18. The highest BCUT2D eigenvalue weighted by Crippen LogP contribution is 2.06. The van der Waals surface area contributed by atoms with Gasteiger partial charge < -0.3 is 5.32 Å². The number of nitrogens with one attached hydrogen (secondary N) is 1. The average Bonchev–Trinajstić information content (AvgIpc) is 2.31. The number of carbonyl (C=O) groups excluding carboxylic acids is 1. The van der Waals surface area contributed by atoms with E-state index in [0.717, 1.165) is 29.3 Å². The largest absolute Gasteiger partial charge is 0.355 e. The zero-order valence-electron chi connectivity index (χ0n) is 11.0. The third-order valence-corrected chi connectivity index (χ3v) is 2.54. The molecule has 7 nitrogen and oxygen atoms in total. The average molecular weight is 267 g/mol. The summed E-state index contributed by atoms with van der Waals surface area (Å²) >= 11 is 0. The number of hydrogen-bond acceptors (Lipinski definition) is 4. The van der Waals surface area contributed by atoms with E-state index >= 15 is 0 Å². The Bertz CT molecular complexity index is 522. The zero-order chi connectivity index (χ0) is 14.4. The van der Waals surface area contributed by atoms with E-state index < -0.39 is 10.5 Å². The number of rotatable bonds is 6. The smallest absolute Gasteiger partial charge is 0.285 e. The lowest BCUT2D eigenvalue weighted by Crippen LogP contribution is -2.32. The molecule has 1 amide bonds. The lowest BCUT2D eigenvalue weighted by molar-refractivity contribution is -0.385. The maximum absolute atomic E-state index is 11.6. The van der Waals surface area contributed by atoms with E-state index in [1.54, 1.807) is 0 Å². The molecule has 0 unspecified atom stereocenters. The van der Waals surface area contributed by atoms with Gasteiger partial charge in [0.15, 0.2) is 0 Å². The molecule has 0 radical (unpaired) electrons. The molecule has 104 valence electrons. The second kappa shape index (κ2) is 6.67. The molecule has 0 saturated carbocycles. The van der Waals surface area contributed by atoms with Gasteiger partial charge in [-0.25, -0.2) is 0 Å². The lowest BCUT2D eigenvalue weighted by Gasteiger charge is -2.08. The Morgan fingerprint density at radius 3 is 2.74 bits per heavy atom. The molecule has 0 fully saturated rings. The molecule has 1 aromatic rings. The van der Waals surface area contributed by atoms with Crippen LogP contribution in [-0.2, 0) is 11.3 Å². The number of pyridine rings is 1. The fourth-order valence-electron chi connectivity index (χ4n) is 1.46. The van der Waals surface area contributed by atoms with Crippen LogP contribution >= 0.6 is 0 Å². The second-order valence-corrected chi connectivity index (χ2v) is 4.64. The summed E-state index contributed by atoms with van der Waals surface area (Å²) in [6.45, 7) is 4.40. The molecule has 0 aliphatic rings. The fourth-order valence-corrected chi connectivity index (χ4v) is 1.46. The van der Waals surface area contributed by atoms with Crippen LogP contribution in [0.25, 0.3) is 0 Å². The molecule has 1 heterocycles. The summed E-state index contributed by atoms with van der Waals surface area (Å²) in [5.74, 6) is 0.143. The maximum atomic E-state index is 11.6. The van der Waals surface area contributed by atoms with Crippen LogP contribution < -0.4 is 10.9 Å². The third kappa shape index (κ3) is 4.90. The van der Waals surface area contributed by atoms with Crippen molar-refractivity contribution in [1.29, 1.82) is 0 Å². The molecule has 0 aliphatic heterocycles. The molecule has 1 aromatic heterocycles. The fraction of sp³-hybridized carbons (Fsp3) is 0.500. The lowest BCUT2D eigenvalue weighted by atomic mass is 10.1. The van der Waals surface area contributed by atoms with Crippen molar-refractivity contribution in [1.82, 2.24) is 9.88 Å². The van der Waals surface area contributed by atoms with Gasteiger partial charge in [-0.05, 0) is 12.3 Å². The Balaban J connectivity index is 2.66. The van der Waals surface area contributed by atoms with E-state index in [-0.39, 0.29) is 18.1 Å². The number of hydrogen-bond donors (Lipinski definition) is 1. The van der Waals surface area contributed by atoms with E-state index in [1.165, 1.54) is 0 Å². The standard InChI is InChI=1S/C12H17N3O4/c1-9(2)5-6-13-11(16)8-14-7-10(15(18)19)3-4-12(14)17/h3-4,7,9H,5-6,8H2,1-2H3,(H,13,16). The summed E-state index contributed by atoms with van der Waals surface area (Å²) in [5.41, 5.74) is -0.654. The first kappa shape index (κ1) is 14.9. The molecule has 0 aromatic carbocycles. The van der Waals surface area contributed by atoms with Gasteiger partial charge in [0, 0.05) is 18.7 Å². The minimum atomic E-state index is -0.605. The number of amides is 1. The summed E-state index contributed by atoms with van der Waals surface area (Å²) < 4.78 is 1.03. The van der Waals surface area contributed by atoms with Crippen molar-refractivity contribution in [3.05, 3.63) is 38.8 Å². The summed E-state index contributed by atoms with van der Waals surface area (Å²) in [6, 6.07) is 2.20. The van der Waals surface area contributed by atoms with Gasteiger partial charge in [-0.1, -0.05) is 13.8 Å². The van der Waals surface area contributed by atoms with E-state index in [4.69, 9.17) is 0 Å². The quantitative estimate of drug-likeness (QED) is 0.612. The van der Waals surface area contributed by atoms with Crippen LogP contribution in [0, 0.1) is 16.0 Å². The highest BCUT2D eigenvalue weighted by molar-refractivity contribution is 5.75. The van der Waals surface area contributed by atoms with E-state index in [1.807, 2.05) is 13.8 Å². The first-order valence-electron chi connectivity index (χ1n) is 6.01. The van der Waals surface area contributed by atoms with Crippen molar-refractivity contribution >= 4 is 11.6 Å². The normalized spacial score (nSPS) is 10.5. The molecule has 0 saturated heterocycles. The van der Waals surface area contributed by atoms with Gasteiger partial charge in [-0.2, -0.15) is 0 Å². The topological polar surface area (TPSA) is 94.2 Å². The molecule has 7 heteroatoms. The van der Waals surface area contributed by atoms with Crippen LogP contribution in [-0.4, -0.2) is 21.9 Å². The van der Waals surface area contributed by atoms with Crippen molar-refractivity contribution in [2.24, 2.45) is 5.92 Å². The molecule has 0 spiro atoms. The maximum Gasteiger partial charge on any atom is 0.285 e. The summed E-state index contributed by atoms with van der Waals surface area (Å²) in [5, 5.41) is 13.3. The Labute approximate surface area is 110 Å². The minimum absolute atomic E-state index is 0.210. The second-order valence-electron chi connectivity index (χ2n) is 4.64. The highest BCUT2D eigenvalue weighted by Gasteiger charge is 2.10. The van der Waals surface area contributed by atoms with Gasteiger partial charge in [0.1, 0.15) is 6.54 Å². The van der Waals surface area contributed by atoms with Crippen molar-refractivity contribution in [2.45, 2.75) is 26.8 Å². The van der Waals surface area contributed by atoms with Gasteiger partial charge in [0.25, 0.3) is 11.2 Å². The Morgan fingerprint density at radius 1 is 1.47 bits per heavy atom. The van der Waals surface area contributed by atoms with Crippen LogP contribution in [0.5, 0.6) is 0 Å². The molecule has 0 aliphatic carbocycles. The van der Waals surface area contributed by atoms with Crippen molar-refractivity contribution in [3.8, 4) is 0 Å². The van der Waals surface area contributed by atoms with Gasteiger partial charge in [0.05, 0.1) is 11.1 Å². The molecule has 19 heavy (non-hydrogen) atoms.